The molecule has 1 fully saturated rings. The second-order valence-electron chi connectivity index (χ2n) is 9.38. The van der Waals surface area contributed by atoms with Gasteiger partial charge in [-0.15, -0.1) is 0 Å². The summed E-state index contributed by atoms with van der Waals surface area (Å²) in [6.07, 6.45) is 11.9. The van der Waals surface area contributed by atoms with Gasteiger partial charge < -0.3 is 18.8 Å². The van der Waals surface area contributed by atoms with Crippen LogP contribution in [0.25, 0.3) is 6.08 Å². The number of likely N-dealkylation sites (N-methyl/N-ethyl adjacent to an activating group) is 1. The molecule has 36 heavy (non-hydrogen) atoms. The normalized spacial score (nSPS) is 16.3. The van der Waals surface area contributed by atoms with Gasteiger partial charge in [-0.25, -0.2) is 4.98 Å². The molecule has 2 aliphatic rings. The van der Waals surface area contributed by atoms with E-state index in [1.165, 1.54) is 18.2 Å². The van der Waals surface area contributed by atoms with Crippen molar-refractivity contribution in [3.05, 3.63) is 47.4 Å². The first-order chi connectivity index (χ1) is 17.5. The predicted molar refractivity (Wildman–Crippen MR) is 140 cm³/mol. The molecule has 4 rings (SSSR count). The van der Waals surface area contributed by atoms with Gasteiger partial charge >= 0.3 is 5.97 Å². The van der Waals surface area contributed by atoms with Gasteiger partial charge in [0.05, 0.1) is 13.2 Å². The van der Waals surface area contributed by atoms with Crippen LogP contribution < -0.4 is 4.74 Å². The molecule has 1 heterocycles. The van der Waals surface area contributed by atoms with Gasteiger partial charge in [-0.2, -0.15) is 0 Å². The quantitative estimate of drug-likeness (QED) is 0.298. The van der Waals surface area contributed by atoms with Crippen LogP contribution in [0.4, 0.5) is 0 Å². The monoisotopic (exact) mass is 512 g/mol. The fourth-order valence-corrected chi connectivity index (χ4v) is 5.63. The lowest BCUT2D eigenvalue weighted by molar-refractivity contribution is -0.142. The van der Waals surface area contributed by atoms with Gasteiger partial charge in [-0.1, -0.05) is 49.2 Å². The summed E-state index contributed by atoms with van der Waals surface area (Å²) in [6, 6.07) is 7.73. The summed E-state index contributed by atoms with van der Waals surface area (Å²) in [5.41, 5.74) is 1.84. The molecule has 0 bridgehead atoms. The van der Waals surface area contributed by atoms with Crippen molar-refractivity contribution >= 4 is 29.7 Å². The number of aryl methyl sites for hydroxylation is 1. The Morgan fingerprint density at radius 3 is 2.69 bits per heavy atom. The maximum Gasteiger partial charge on any atom is 0.319 e. The third-order valence-electron chi connectivity index (χ3n) is 6.68. The summed E-state index contributed by atoms with van der Waals surface area (Å²) < 4.78 is 17.1. The average Bonchev–Trinajstić information content (AvgIpc) is 3.32. The van der Waals surface area contributed by atoms with E-state index in [4.69, 9.17) is 13.9 Å². The Hall–Kier alpha value is -2.74. The van der Waals surface area contributed by atoms with Crippen LogP contribution in [0, 0.1) is 5.92 Å². The number of hydrogen-bond acceptors (Lipinski definition) is 7. The molecular formula is C28H36N2O5S. The van der Waals surface area contributed by atoms with Crippen molar-refractivity contribution < 1.29 is 23.5 Å². The summed E-state index contributed by atoms with van der Waals surface area (Å²) in [7, 11) is 1.86. The summed E-state index contributed by atoms with van der Waals surface area (Å²) in [4.78, 5) is 31.6. The fraction of sp³-hybridized carbons (Fsp3) is 0.536. The second-order valence-corrected chi connectivity index (χ2v) is 10.5. The zero-order chi connectivity index (χ0) is 25.3. The van der Waals surface area contributed by atoms with Gasteiger partial charge in [-0.3, -0.25) is 9.59 Å². The van der Waals surface area contributed by atoms with Crippen molar-refractivity contribution in [2.24, 2.45) is 5.92 Å². The summed E-state index contributed by atoms with van der Waals surface area (Å²) in [5.74, 6) is 1.74. The van der Waals surface area contributed by atoms with E-state index < -0.39 is 5.25 Å². The third-order valence-corrected chi connectivity index (χ3v) is 7.70. The van der Waals surface area contributed by atoms with Gasteiger partial charge in [-0.05, 0) is 56.4 Å². The lowest BCUT2D eigenvalue weighted by Crippen LogP contribution is -2.36. The SMILES string of the molecule is CCOC(=O)C(Cc1ccc(OCCN(C)C(=O)C2CCCCC2)cc1)Sc1nc2c(o1)CCC=C2. The van der Waals surface area contributed by atoms with Crippen LogP contribution >= 0.6 is 11.8 Å². The Kier molecular flexibility index (Phi) is 9.50. The van der Waals surface area contributed by atoms with Crippen LogP contribution in [0.3, 0.4) is 0 Å². The van der Waals surface area contributed by atoms with Crippen molar-refractivity contribution in [2.45, 2.75) is 68.8 Å². The van der Waals surface area contributed by atoms with Crippen LogP contribution in [0.2, 0.25) is 0 Å². The first-order valence-electron chi connectivity index (χ1n) is 13.0. The minimum absolute atomic E-state index is 0.173. The van der Waals surface area contributed by atoms with Gasteiger partial charge in [0.1, 0.15) is 29.1 Å². The molecule has 2 aromatic rings. The van der Waals surface area contributed by atoms with Gasteiger partial charge in [0, 0.05) is 19.4 Å². The lowest BCUT2D eigenvalue weighted by Gasteiger charge is -2.26. The molecule has 0 radical (unpaired) electrons. The molecule has 1 aromatic heterocycles. The molecule has 1 aromatic carbocycles. The number of amides is 1. The Balaban J connectivity index is 1.29. The standard InChI is InChI=1S/C28H36N2O5S/c1-3-33-27(32)25(36-28-29-23-11-7-8-12-24(23)35-28)19-20-13-15-22(16-14-20)34-18-17-30(2)26(31)21-9-5-4-6-10-21/h7,11,13-16,21,25H,3-6,8-10,12,17-19H2,1-2H3. The van der Waals surface area contributed by atoms with Crippen LogP contribution in [-0.4, -0.2) is 53.8 Å². The number of aromatic nitrogens is 1. The highest BCUT2D eigenvalue weighted by molar-refractivity contribution is 8.00. The molecule has 1 saturated carbocycles. The van der Waals surface area contributed by atoms with Crippen molar-refractivity contribution in [3.63, 3.8) is 0 Å². The highest BCUT2D eigenvalue weighted by Crippen LogP contribution is 2.31. The number of carbonyl (C=O) groups excluding carboxylic acids is 2. The second kappa shape index (κ2) is 13.0. The molecule has 1 amide bonds. The number of rotatable bonds is 11. The summed E-state index contributed by atoms with van der Waals surface area (Å²) >= 11 is 1.31. The number of benzene rings is 1. The maximum atomic E-state index is 12.7. The van der Waals surface area contributed by atoms with E-state index in [0.29, 0.717) is 31.4 Å². The zero-order valence-electron chi connectivity index (χ0n) is 21.2. The molecule has 7 nitrogen and oxygen atoms in total. The van der Waals surface area contributed by atoms with E-state index >= 15 is 0 Å². The van der Waals surface area contributed by atoms with Gasteiger partial charge in [0.15, 0.2) is 0 Å². The molecule has 2 aliphatic carbocycles. The highest BCUT2D eigenvalue weighted by Gasteiger charge is 2.26. The first-order valence-corrected chi connectivity index (χ1v) is 13.9. The van der Waals surface area contributed by atoms with Crippen LogP contribution in [0.15, 0.2) is 40.0 Å². The number of thioether (sulfide) groups is 1. The van der Waals surface area contributed by atoms with Crippen LogP contribution in [-0.2, 0) is 27.2 Å². The van der Waals surface area contributed by atoms with E-state index in [1.807, 2.05) is 37.4 Å². The largest absolute Gasteiger partial charge is 0.492 e. The number of hydrogen-bond donors (Lipinski definition) is 0. The number of nitrogens with zero attached hydrogens (tertiary/aromatic N) is 2. The number of oxazole rings is 1. The minimum Gasteiger partial charge on any atom is -0.492 e. The molecule has 0 saturated heterocycles. The number of ether oxygens (including phenoxy) is 2. The van der Waals surface area contributed by atoms with Crippen molar-refractivity contribution in [1.82, 2.24) is 9.88 Å². The Morgan fingerprint density at radius 2 is 1.97 bits per heavy atom. The fourth-order valence-electron chi connectivity index (χ4n) is 4.65. The molecule has 8 heteroatoms. The molecule has 1 atom stereocenters. The van der Waals surface area contributed by atoms with Crippen molar-refractivity contribution in [1.29, 1.82) is 0 Å². The number of carbonyl (C=O) groups is 2. The molecular weight excluding hydrogens is 476 g/mol. The van der Waals surface area contributed by atoms with E-state index in [-0.39, 0.29) is 17.8 Å². The molecule has 0 N–H and O–H groups in total. The Bertz CT molecular complexity index is 1040. The Morgan fingerprint density at radius 1 is 1.19 bits per heavy atom. The maximum absolute atomic E-state index is 12.7. The summed E-state index contributed by atoms with van der Waals surface area (Å²) in [5, 5.41) is 0.0386. The van der Waals surface area contributed by atoms with Gasteiger partial charge in [0.25, 0.3) is 5.22 Å². The summed E-state index contributed by atoms with van der Waals surface area (Å²) in [6.45, 7) is 3.14. The van der Waals surface area contributed by atoms with E-state index in [1.54, 1.807) is 11.8 Å². The van der Waals surface area contributed by atoms with E-state index in [0.717, 1.165) is 61.3 Å². The number of allylic oxidation sites excluding steroid dienone is 1. The minimum atomic E-state index is -0.458. The molecule has 194 valence electrons. The van der Waals surface area contributed by atoms with Crippen LogP contribution in [0.5, 0.6) is 5.75 Å². The zero-order valence-corrected chi connectivity index (χ0v) is 22.1. The topological polar surface area (TPSA) is 81.9 Å². The third kappa shape index (κ3) is 7.15. The average molecular weight is 513 g/mol. The van der Waals surface area contributed by atoms with Crippen molar-refractivity contribution in [3.8, 4) is 5.75 Å². The molecule has 0 aliphatic heterocycles. The number of esters is 1. The van der Waals surface area contributed by atoms with Crippen LogP contribution in [0.1, 0.15) is 62.5 Å². The van der Waals surface area contributed by atoms with Gasteiger partial charge in [0.2, 0.25) is 5.91 Å². The smallest absolute Gasteiger partial charge is 0.319 e. The highest BCUT2D eigenvalue weighted by atomic mass is 32.2. The molecule has 0 spiro atoms. The van der Waals surface area contributed by atoms with Crippen molar-refractivity contribution in [2.75, 3.05) is 26.8 Å². The predicted octanol–water partition coefficient (Wildman–Crippen LogP) is 5.32. The number of fused-ring (bicyclic) bond motifs is 1. The lowest BCUT2D eigenvalue weighted by atomic mass is 9.88. The van der Waals surface area contributed by atoms with E-state index in [9.17, 15) is 9.59 Å². The first kappa shape index (κ1) is 26.3. The Labute approximate surface area is 217 Å². The van der Waals surface area contributed by atoms with E-state index in [2.05, 4.69) is 11.1 Å². The molecule has 1 unspecified atom stereocenters.